The molecule has 0 spiro atoms. The van der Waals surface area contributed by atoms with Gasteiger partial charge in [0.05, 0.1) is 13.2 Å². The molecule has 0 saturated heterocycles. The number of nitrogens with two attached hydrogens (primary N) is 1. The van der Waals surface area contributed by atoms with E-state index in [0.29, 0.717) is 23.4 Å². The van der Waals surface area contributed by atoms with Gasteiger partial charge in [-0.25, -0.2) is 4.98 Å². The molecule has 1 aliphatic carbocycles. The van der Waals surface area contributed by atoms with Gasteiger partial charge in [-0.1, -0.05) is 0 Å². The van der Waals surface area contributed by atoms with E-state index in [1.807, 2.05) is 0 Å². The molecule has 1 aromatic rings. The number of anilines is 1. The predicted molar refractivity (Wildman–Crippen MR) is 53.5 cm³/mol. The molecule has 0 amide bonds. The number of rotatable bonds is 3. The van der Waals surface area contributed by atoms with E-state index < -0.39 is 0 Å². The Hall–Kier alpha value is -1.45. The highest BCUT2D eigenvalue weighted by molar-refractivity contribution is 5.59. The standard InChI is InChI=1S/C10H14N2O2/c1-13-10-9(11)8(5-6-12-10)14-7-3-2-4-7/h5-7H,2-4,11H2,1H3. The summed E-state index contributed by atoms with van der Waals surface area (Å²) in [5, 5.41) is 0. The van der Waals surface area contributed by atoms with Crippen LogP contribution in [0.2, 0.25) is 0 Å². The molecule has 1 aromatic heterocycles. The van der Waals surface area contributed by atoms with Gasteiger partial charge in [0.1, 0.15) is 11.4 Å². The Morgan fingerprint density at radius 1 is 1.50 bits per heavy atom. The normalized spacial score (nSPS) is 16.1. The van der Waals surface area contributed by atoms with Gasteiger partial charge in [0, 0.05) is 12.3 Å². The molecule has 2 N–H and O–H groups in total. The fourth-order valence-electron chi connectivity index (χ4n) is 1.37. The Bertz CT molecular complexity index is 324. The van der Waals surface area contributed by atoms with E-state index in [-0.39, 0.29) is 0 Å². The minimum absolute atomic E-state index is 0.324. The van der Waals surface area contributed by atoms with E-state index in [2.05, 4.69) is 4.98 Å². The third-order valence-corrected chi connectivity index (χ3v) is 2.45. The molecule has 0 unspecified atom stereocenters. The molecule has 4 heteroatoms. The smallest absolute Gasteiger partial charge is 0.240 e. The quantitative estimate of drug-likeness (QED) is 0.794. The highest BCUT2D eigenvalue weighted by Crippen LogP contribution is 2.32. The summed E-state index contributed by atoms with van der Waals surface area (Å²) in [4.78, 5) is 3.98. The van der Waals surface area contributed by atoms with Crippen LogP contribution in [0.15, 0.2) is 12.3 Å². The number of hydrogen-bond acceptors (Lipinski definition) is 4. The summed E-state index contributed by atoms with van der Waals surface area (Å²) in [5.74, 6) is 1.11. The summed E-state index contributed by atoms with van der Waals surface area (Å²) >= 11 is 0. The van der Waals surface area contributed by atoms with Crippen molar-refractivity contribution < 1.29 is 9.47 Å². The van der Waals surface area contributed by atoms with Crippen molar-refractivity contribution in [2.45, 2.75) is 25.4 Å². The summed E-state index contributed by atoms with van der Waals surface area (Å²) in [6, 6.07) is 1.77. The number of ether oxygens (including phenoxy) is 2. The Balaban J connectivity index is 2.15. The molecule has 1 saturated carbocycles. The topological polar surface area (TPSA) is 57.4 Å². The largest absolute Gasteiger partial charge is 0.488 e. The Labute approximate surface area is 83.0 Å². The molecule has 0 radical (unpaired) electrons. The second-order valence-corrected chi connectivity index (χ2v) is 3.40. The lowest BCUT2D eigenvalue weighted by Crippen LogP contribution is -2.25. The zero-order valence-corrected chi connectivity index (χ0v) is 8.19. The van der Waals surface area contributed by atoms with E-state index in [9.17, 15) is 0 Å². The first kappa shape index (κ1) is 9.12. The van der Waals surface area contributed by atoms with Gasteiger partial charge in [-0.05, 0) is 19.3 Å². The van der Waals surface area contributed by atoms with Crippen molar-refractivity contribution in [2.75, 3.05) is 12.8 Å². The number of nitrogen functional groups attached to an aromatic ring is 1. The van der Waals surface area contributed by atoms with Gasteiger partial charge < -0.3 is 15.2 Å². The first-order chi connectivity index (χ1) is 6.81. The molecule has 76 valence electrons. The van der Waals surface area contributed by atoms with Gasteiger partial charge in [0.15, 0.2) is 0 Å². The van der Waals surface area contributed by atoms with Crippen molar-refractivity contribution in [1.82, 2.24) is 4.98 Å². The second-order valence-electron chi connectivity index (χ2n) is 3.40. The summed E-state index contributed by atoms with van der Waals surface area (Å²) in [5.41, 5.74) is 6.30. The van der Waals surface area contributed by atoms with Gasteiger partial charge >= 0.3 is 0 Å². The van der Waals surface area contributed by atoms with Gasteiger partial charge in [-0.2, -0.15) is 0 Å². The summed E-state index contributed by atoms with van der Waals surface area (Å²) < 4.78 is 10.7. The molecule has 1 heterocycles. The summed E-state index contributed by atoms with van der Waals surface area (Å²) in [6.45, 7) is 0. The van der Waals surface area contributed by atoms with E-state index in [0.717, 1.165) is 12.8 Å². The molecule has 0 aliphatic heterocycles. The number of hydrogen-bond donors (Lipinski definition) is 1. The van der Waals surface area contributed by atoms with Crippen molar-refractivity contribution in [2.24, 2.45) is 0 Å². The second kappa shape index (κ2) is 3.74. The molecule has 0 atom stereocenters. The average Bonchev–Trinajstić information content (AvgIpc) is 2.13. The van der Waals surface area contributed by atoms with Crippen LogP contribution >= 0.6 is 0 Å². The molecule has 2 rings (SSSR count). The van der Waals surface area contributed by atoms with E-state index in [1.165, 1.54) is 6.42 Å². The number of aromatic nitrogens is 1. The lowest BCUT2D eigenvalue weighted by molar-refractivity contribution is 0.121. The third-order valence-electron chi connectivity index (χ3n) is 2.45. The van der Waals surface area contributed by atoms with Crippen LogP contribution in [0.5, 0.6) is 11.6 Å². The maximum Gasteiger partial charge on any atom is 0.240 e. The molecule has 0 aromatic carbocycles. The number of nitrogens with zero attached hydrogens (tertiary/aromatic N) is 1. The summed E-state index contributed by atoms with van der Waals surface area (Å²) in [6.07, 6.45) is 5.44. The van der Waals surface area contributed by atoms with E-state index >= 15 is 0 Å². The van der Waals surface area contributed by atoms with Crippen LogP contribution in [0.3, 0.4) is 0 Å². The van der Waals surface area contributed by atoms with Crippen LogP contribution in [0.4, 0.5) is 5.69 Å². The Morgan fingerprint density at radius 3 is 2.86 bits per heavy atom. The highest BCUT2D eigenvalue weighted by atomic mass is 16.5. The Morgan fingerprint density at radius 2 is 2.29 bits per heavy atom. The molecule has 0 bridgehead atoms. The zero-order valence-electron chi connectivity index (χ0n) is 8.19. The van der Waals surface area contributed by atoms with Crippen LogP contribution in [0.1, 0.15) is 19.3 Å². The number of pyridine rings is 1. The SMILES string of the molecule is COc1nccc(OC2CCC2)c1N. The van der Waals surface area contributed by atoms with Gasteiger partial charge in [0.2, 0.25) is 5.88 Å². The monoisotopic (exact) mass is 194 g/mol. The fraction of sp³-hybridized carbons (Fsp3) is 0.500. The minimum atomic E-state index is 0.324. The number of methoxy groups -OCH3 is 1. The molecular weight excluding hydrogens is 180 g/mol. The van der Waals surface area contributed by atoms with Crippen LogP contribution in [0, 0.1) is 0 Å². The maximum absolute atomic E-state index is 5.81. The Kier molecular flexibility index (Phi) is 2.43. The van der Waals surface area contributed by atoms with Crippen LogP contribution in [-0.4, -0.2) is 18.2 Å². The predicted octanol–water partition coefficient (Wildman–Crippen LogP) is 1.60. The fourth-order valence-corrected chi connectivity index (χ4v) is 1.37. The lowest BCUT2D eigenvalue weighted by atomic mass is 9.96. The first-order valence-electron chi connectivity index (χ1n) is 4.76. The maximum atomic E-state index is 5.81. The first-order valence-corrected chi connectivity index (χ1v) is 4.76. The average molecular weight is 194 g/mol. The molecule has 1 aliphatic rings. The van der Waals surface area contributed by atoms with Crippen LogP contribution in [0.25, 0.3) is 0 Å². The van der Waals surface area contributed by atoms with Gasteiger partial charge in [-0.15, -0.1) is 0 Å². The third kappa shape index (κ3) is 1.60. The minimum Gasteiger partial charge on any atom is -0.488 e. The van der Waals surface area contributed by atoms with Crippen molar-refractivity contribution in [3.63, 3.8) is 0 Å². The zero-order chi connectivity index (χ0) is 9.97. The van der Waals surface area contributed by atoms with E-state index in [4.69, 9.17) is 15.2 Å². The molecule has 14 heavy (non-hydrogen) atoms. The van der Waals surface area contributed by atoms with Crippen molar-refractivity contribution in [1.29, 1.82) is 0 Å². The molecule has 1 fully saturated rings. The summed E-state index contributed by atoms with van der Waals surface area (Å²) in [7, 11) is 1.55. The van der Waals surface area contributed by atoms with Gasteiger partial charge in [0.25, 0.3) is 0 Å². The molecular formula is C10H14N2O2. The van der Waals surface area contributed by atoms with Crippen LogP contribution < -0.4 is 15.2 Å². The van der Waals surface area contributed by atoms with Gasteiger partial charge in [-0.3, -0.25) is 0 Å². The molecule has 4 nitrogen and oxygen atoms in total. The van der Waals surface area contributed by atoms with Crippen molar-refractivity contribution in [3.8, 4) is 11.6 Å². The van der Waals surface area contributed by atoms with Crippen molar-refractivity contribution in [3.05, 3.63) is 12.3 Å². The highest BCUT2D eigenvalue weighted by Gasteiger charge is 2.20. The van der Waals surface area contributed by atoms with E-state index in [1.54, 1.807) is 19.4 Å². The van der Waals surface area contributed by atoms with Crippen molar-refractivity contribution >= 4 is 5.69 Å². The lowest BCUT2D eigenvalue weighted by Gasteiger charge is -2.27. The van der Waals surface area contributed by atoms with Crippen LogP contribution in [-0.2, 0) is 0 Å².